The van der Waals surface area contributed by atoms with Crippen LogP contribution in [0.25, 0.3) is 15.6 Å². The second-order valence-corrected chi connectivity index (χ2v) is 13.1. The highest BCUT2D eigenvalue weighted by Crippen LogP contribution is 2.35. The van der Waals surface area contributed by atoms with E-state index in [9.17, 15) is 4.79 Å². The van der Waals surface area contributed by atoms with Crippen molar-refractivity contribution in [2.75, 3.05) is 69.8 Å². The first kappa shape index (κ1) is 32.6. The first-order chi connectivity index (χ1) is 24.0. The quantitative estimate of drug-likeness (QED) is 0.229. The molecule has 3 aliphatic heterocycles. The van der Waals surface area contributed by atoms with Crippen molar-refractivity contribution in [3.05, 3.63) is 101 Å². The molecule has 1 amide bonds. The molecule has 0 radical (unpaired) electrons. The zero-order valence-electron chi connectivity index (χ0n) is 28.2. The van der Waals surface area contributed by atoms with E-state index in [1.807, 2.05) is 30.3 Å². The molecule has 0 saturated carbocycles. The maximum atomic E-state index is 13.3. The molecule has 0 unspecified atom stereocenters. The molecule has 2 fully saturated rings. The number of piperazine rings is 1. The normalized spacial score (nSPS) is 21.0. The molecule has 11 heteroatoms. The van der Waals surface area contributed by atoms with Crippen LogP contribution in [0, 0.1) is 6.57 Å². The van der Waals surface area contributed by atoms with Crippen molar-refractivity contribution in [3.63, 3.8) is 0 Å². The predicted octanol–water partition coefficient (Wildman–Crippen LogP) is 5.04. The van der Waals surface area contributed by atoms with E-state index in [1.54, 1.807) is 12.0 Å². The molecule has 4 aromatic rings. The molecular formula is C38H43N7O4. The maximum absolute atomic E-state index is 13.3. The third kappa shape index (κ3) is 7.12. The molecule has 4 heterocycles. The van der Waals surface area contributed by atoms with Crippen LogP contribution >= 0.6 is 0 Å². The molecule has 7 rings (SSSR count). The first-order valence-corrected chi connectivity index (χ1v) is 17.0. The molecule has 3 aromatic carbocycles. The van der Waals surface area contributed by atoms with Gasteiger partial charge in [0.25, 0.3) is 0 Å². The largest absolute Gasteiger partial charge is 0.462 e. The fourth-order valence-electron chi connectivity index (χ4n) is 7.32. The van der Waals surface area contributed by atoms with E-state index in [2.05, 4.69) is 69.1 Å². The first-order valence-electron chi connectivity index (χ1n) is 17.0. The highest BCUT2D eigenvalue weighted by atomic mass is 16.6. The summed E-state index contributed by atoms with van der Waals surface area (Å²) in [5.41, 5.74) is 4.16. The van der Waals surface area contributed by atoms with Gasteiger partial charge in [-0.2, -0.15) is 9.97 Å². The summed E-state index contributed by atoms with van der Waals surface area (Å²) in [7, 11) is 3.85. The summed E-state index contributed by atoms with van der Waals surface area (Å²) >= 11 is 0. The second-order valence-electron chi connectivity index (χ2n) is 13.1. The van der Waals surface area contributed by atoms with E-state index in [-0.39, 0.29) is 31.3 Å². The Morgan fingerprint density at radius 2 is 1.76 bits per heavy atom. The SMILES string of the molecule is [C-]#[N+]C[C@H]1CN(c2nc(OC[C@@H]3C[C@@H](OC)CN3C)nc3c2CCN(c2cccc4ccccc24)C3)CCN1C(=O)OCc1ccccc1. The second kappa shape index (κ2) is 14.7. The molecule has 0 aliphatic carbocycles. The maximum Gasteiger partial charge on any atom is 0.410 e. The average molecular weight is 662 g/mol. The summed E-state index contributed by atoms with van der Waals surface area (Å²) in [6, 6.07) is 24.8. The third-order valence-corrected chi connectivity index (χ3v) is 10.0. The summed E-state index contributed by atoms with van der Waals surface area (Å²) in [5.74, 6) is 0.833. The molecule has 0 bridgehead atoms. The van der Waals surface area contributed by atoms with Gasteiger partial charge in [-0.25, -0.2) is 11.4 Å². The lowest BCUT2D eigenvalue weighted by atomic mass is 10.0. The Morgan fingerprint density at radius 3 is 2.57 bits per heavy atom. The van der Waals surface area contributed by atoms with Gasteiger partial charge in [-0.1, -0.05) is 66.7 Å². The smallest absolute Gasteiger partial charge is 0.410 e. The standard InChI is InChI=1S/C38H43N7O4/c1-39-21-30-22-44(18-19-45(30)38(46)49-25-27-10-5-4-6-11-27)36-33-16-17-43(35-15-9-13-28-12-7-8-14-32(28)35)24-34(33)40-37(41-36)48-26-29-20-31(47-3)23-42(29)2/h4-15,29-31H,16-26H2,2-3H3/t29-,30-,31+/m0/s1. The van der Waals surface area contributed by atoms with Crippen LogP contribution in [0.4, 0.5) is 16.3 Å². The molecule has 3 aliphatic rings. The van der Waals surface area contributed by atoms with Gasteiger partial charge in [-0.15, -0.1) is 0 Å². The van der Waals surface area contributed by atoms with Crippen molar-refractivity contribution in [1.82, 2.24) is 19.8 Å². The Morgan fingerprint density at radius 1 is 0.939 bits per heavy atom. The zero-order valence-corrected chi connectivity index (χ0v) is 28.2. The lowest BCUT2D eigenvalue weighted by molar-refractivity contribution is 0.0788. The third-order valence-electron chi connectivity index (χ3n) is 10.0. The summed E-state index contributed by atoms with van der Waals surface area (Å²) in [5, 5.41) is 2.42. The van der Waals surface area contributed by atoms with Crippen molar-refractivity contribution in [2.45, 2.75) is 44.2 Å². The minimum absolute atomic E-state index is 0.178. The molecule has 49 heavy (non-hydrogen) atoms. The minimum Gasteiger partial charge on any atom is -0.462 e. The Balaban J connectivity index is 1.15. The van der Waals surface area contributed by atoms with Gasteiger partial charge >= 0.3 is 12.1 Å². The van der Waals surface area contributed by atoms with E-state index in [1.165, 1.54) is 16.5 Å². The average Bonchev–Trinajstić information content (AvgIpc) is 3.51. The molecule has 11 nitrogen and oxygen atoms in total. The number of aromatic nitrogens is 2. The van der Waals surface area contributed by atoms with Crippen LogP contribution in [0.15, 0.2) is 72.8 Å². The molecule has 3 atom stereocenters. The number of carbonyl (C=O) groups excluding carboxylic acids is 1. The number of benzene rings is 3. The summed E-state index contributed by atoms with van der Waals surface area (Å²) in [6.07, 6.45) is 1.44. The number of hydrogen-bond donors (Lipinski definition) is 0. The van der Waals surface area contributed by atoms with E-state index in [0.29, 0.717) is 38.8 Å². The van der Waals surface area contributed by atoms with Gasteiger partial charge in [0.15, 0.2) is 0 Å². The molecule has 0 N–H and O–H groups in total. The van der Waals surface area contributed by atoms with Crippen molar-refractivity contribution >= 4 is 28.4 Å². The number of amides is 1. The Labute approximate surface area is 287 Å². The van der Waals surface area contributed by atoms with Crippen LogP contribution in [0.2, 0.25) is 0 Å². The van der Waals surface area contributed by atoms with Crippen LogP contribution < -0.4 is 14.5 Å². The van der Waals surface area contributed by atoms with Crippen LogP contribution in [-0.4, -0.2) is 104 Å². The summed E-state index contributed by atoms with van der Waals surface area (Å²) in [4.78, 5) is 35.6. The van der Waals surface area contributed by atoms with Gasteiger partial charge in [0.1, 0.15) is 25.1 Å². The lowest BCUT2D eigenvalue weighted by Gasteiger charge is -2.40. The monoisotopic (exact) mass is 661 g/mol. The van der Waals surface area contributed by atoms with Crippen LogP contribution in [0.1, 0.15) is 23.2 Å². The van der Waals surface area contributed by atoms with E-state index < -0.39 is 6.09 Å². The molecular weight excluding hydrogens is 618 g/mol. The molecule has 0 spiro atoms. The molecule has 1 aromatic heterocycles. The number of likely N-dealkylation sites (tertiary alicyclic amines) is 1. The van der Waals surface area contributed by atoms with Crippen molar-refractivity contribution < 1.29 is 19.0 Å². The zero-order chi connectivity index (χ0) is 33.7. The summed E-state index contributed by atoms with van der Waals surface area (Å²) < 4.78 is 17.7. The van der Waals surface area contributed by atoms with Gasteiger partial charge in [-0.3, -0.25) is 9.80 Å². The number of likely N-dealkylation sites (N-methyl/N-ethyl adjacent to an activating group) is 1. The fraction of sp³-hybridized carbons (Fsp3) is 0.421. The number of methoxy groups -OCH3 is 1. The highest BCUT2D eigenvalue weighted by Gasteiger charge is 2.37. The lowest BCUT2D eigenvalue weighted by Crippen LogP contribution is -2.57. The highest BCUT2D eigenvalue weighted by molar-refractivity contribution is 5.94. The number of nitrogens with zero attached hydrogens (tertiary/aromatic N) is 7. The van der Waals surface area contributed by atoms with Gasteiger partial charge < -0.3 is 28.9 Å². The van der Waals surface area contributed by atoms with Gasteiger partial charge in [0, 0.05) is 62.5 Å². The van der Waals surface area contributed by atoms with Crippen molar-refractivity contribution in [1.29, 1.82) is 0 Å². The van der Waals surface area contributed by atoms with E-state index in [0.717, 1.165) is 48.6 Å². The van der Waals surface area contributed by atoms with Crippen LogP contribution in [0.3, 0.4) is 0 Å². The van der Waals surface area contributed by atoms with E-state index in [4.69, 9.17) is 30.8 Å². The number of rotatable bonds is 9. The van der Waals surface area contributed by atoms with Crippen molar-refractivity contribution in [2.24, 2.45) is 0 Å². The number of anilines is 2. The Hall–Kier alpha value is -4.92. The van der Waals surface area contributed by atoms with Gasteiger partial charge in [0.2, 0.25) is 6.54 Å². The Bertz CT molecular complexity index is 1810. The summed E-state index contributed by atoms with van der Waals surface area (Å²) in [6.45, 7) is 12.3. The fourth-order valence-corrected chi connectivity index (χ4v) is 7.32. The Kier molecular flexibility index (Phi) is 9.77. The van der Waals surface area contributed by atoms with Crippen LogP contribution in [-0.2, 0) is 29.0 Å². The minimum atomic E-state index is -0.397. The number of carbonyl (C=O) groups is 1. The van der Waals surface area contributed by atoms with Crippen LogP contribution in [0.5, 0.6) is 6.01 Å². The van der Waals surface area contributed by atoms with Gasteiger partial charge in [0.05, 0.1) is 18.3 Å². The number of hydrogen-bond acceptors (Lipinski definition) is 9. The predicted molar refractivity (Wildman–Crippen MR) is 189 cm³/mol. The van der Waals surface area contributed by atoms with Crippen molar-refractivity contribution in [3.8, 4) is 6.01 Å². The molecule has 254 valence electrons. The van der Waals surface area contributed by atoms with E-state index >= 15 is 0 Å². The number of ether oxygens (including phenoxy) is 3. The molecule has 2 saturated heterocycles. The topological polar surface area (TPSA) is 87.9 Å². The number of fused-ring (bicyclic) bond motifs is 2. The van der Waals surface area contributed by atoms with Gasteiger partial charge in [-0.05, 0) is 36.9 Å².